The minimum absolute atomic E-state index is 0.0178. The normalized spacial score (nSPS) is 24.6. The maximum absolute atomic E-state index is 14.4. The summed E-state index contributed by atoms with van der Waals surface area (Å²) in [6, 6.07) is 8.28. The van der Waals surface area contributed by atoms with E-state index in [4.69, 9.17) is 4.74 Å². The topological polar surface area (TPSA) is 83.9 Å². The lowest BCUT2D eigenvalue weighted by Gasteiger charge is -2.37. The Morgan fingerprint density at radius 1 is 1.17 bits per heavy atom. The Balaban J connectivity index is 1.75. The number of hydrogen-bond donors (Lipinski definition) is 1. The van der Waals surface area contributed by atoms with E-state index in [0.29, 0.717) is 37.1 Å². The minimum atomic E-state index is -3.99. The molecule has 1 amide bonds. The van der Waals surface area contributed by atoms with Gasteiger partial charge in [-0.3, -0.25) is 4.79 Å². The Morgan fingerprint density at radius 3 is 2.67 bits per heavy atom. The quantitative estimate of drug-likeness (QED) is 0.805. The van der Waals surface area contributed by atoms with E-state index in [1.807, 2.05) is 0 Å². The highest BCUT2D eigenvalue weighted by Crippen LogP contribution is 2.37. The molecule has 2 unspecified atom stereocenters. The number of halogens is 1. The molecular formula is C22H24FNO5S. The van der Waals surface area contributed by atoms with Gasteiger partial charge in [-0.15, -0.1) is 0 Å². The van der Waals surface area contributed by atoms with E-state index in [2.05, 4.69) is 0 Å². The van der Waals surface area contributed by atoms with Crippen LogP contribution in [0.25, 0.3) is 0 Å². The average Bonchev–Trinajstić information content (AvgIpc) is 2.70. The molecule has 0 radical (unpaired) electrons. The summed E-state index contributed by atoms with van der Waals surface area (Å²) in [6.07, 6.45) is 0.930. The Kier molecular flexibility index (Phi) is 5.20. The third kappa shape index (κ3) is 3.64. The summed E-state index contributed by atoms with van der Waals surface area (Å²) in [5, 5.41) is 10.0. The summed E-state index contributed by atoms with van der Waals surface area (Å²) in [5.74, 6) is -0.699. The number of aliphatic hydroxyl groups excluding tert-OH is 1. The van der Waals surface area contributed by atoms with Crippen molar-refractivity contribution in [3.63, 3.8) is 0 Å². The number of nitrogens with zero attached hydrogens (tertiary/aromatic N) is 1. The molecule has 0 spiro atoms. The zero-order valence-corrected chi connectivity index (χ0v) is 17.7. The van der Waals surface area contributed by atoms with Crippen molar-refractivity contribution in [1.82, 2.24) is 0 Å². The lowest BCUT2D eigenvalue weighted by molar-refractivity contribution is -0.118. The summed E-state index contributed by atoms with van der Waals surface area (Å²) in [6.45, 7) is 2.04. The van der Waals surface area contributed by atoms with Crippen LogP contribution in [0.2, 0.25) is 0 Å². The number of amides is 1. The van der Waals surface area contributed by atoms with E-state index in [0.717, 1.165) is 11.6 Å². The SMILES string of the molecule is CN1C(=O)CCc2cc(S(=O)(=O)c3cc(F)cc(C4(C)CC(O)CCO4)c3)ccc21. The van der Waals surface area contributed by atoms with Crippen molar-refractivity contribution in [2.24, 2.45) is 0 Å². The maximum Gasteiger partial charge on any atom is 0.227 e. The second-order valence-electron chi connectivity index (χ2n) is 8.15. The van der Waals surface area contributed by atoms with Crippen LogP contribution < -0.4 is 4.90 Å². The van der Waals surface area contributed by atoms with Gasteiger partial charge in [0.15, 0.2) is 0 Å². The molecule has 1 fully saturated rings. The summed E-state index contributed by atoms with van der Waals surface area (Å²) in [5.41, 5.74) is 0.856. The van der Waals surface area contributed by atoms with Crippen molar-refractivity contribution >= 4 is 21.4 Å². The number of carbonyl (C=O) groups is 1. The molecule has 0 saturated carbocycles. The molecule has 6 nitrogen and oxygen atoms in total. The van der Waals surface area contributed by atoms with Crippen LogP contribution in [0.5, 0.6) is 0 Å². The van der Waals surface area contributed by atoms with Gasteiger partial charge in [0.25, 0.3) is 0 Å². The molecule has 2 heterocycles. The number of hydrogen-bond acceptors (Lipinski definition) is 5. The fourth-order valence-corrected chi connectivity index (χ4v) is 5.56. The Hall–Kier alpha value is -2.29. The number of aryl methyl sites for hydroxylation is 1. The highest BCUT2D eigenvalue weighted by molar-refractivity contribution is 7.91. The van der Waals surface area contributed by atoms with Crippen molar-refractivity contribution in [2.75, 3.05) is 18.6 Å². The minimum Gasteiger partial charge on any atom is -0.393 e. The monoisotopic (exact) mass is 433 g/mol. The molecule has 1 saturated heterocycles. The van der Waals surface area contributed by atoms with E-state index in [1.165, 1.54) is 23.1 Å². The van der Waals surface area contributed by atoms with Crippen LogP contribution in [0.4, 0.5) is 10.1 Å². The van der Waals surface area contributed by atoms with Gasteiger partial charge in [0.1, 0.15) is 5.82 Å². The molecule has 0 aromatic heterocycles. The van der Waals surface area contributed by atoms with Crippen molar-refractivity contribution in [1.29, 1.82) is 0 Å². The highest BCUT2D eigenvalue weighted by Gasteiger charge is 2.36. The molecule has 160 valence electrons. The lowest BCUT2D eigenvalue weighted by atomic mass is 9.87. The standard InChI is InChI=1S/C22H24FNO5S/c1-22(13-17(25)7-8-29-22)15-10-16(23)12-19(11-15)30(27,28)18-4-5-20-14(9-18)3-6-21(26)24(20)2/h4-5,9-12,17,25H,3,6-8,13H2,1-2H3. The van der Waals surface area contributed by atoms with Crippen LogP contribution in [0, 0.1) is 5.82 Å². The number of aliphatic hydroxyl groups is 1. The molecule has 0 bridgehead atoms. The first-order chi connectivity index (χ1) is 14.1. The van der Waals surface area contributed by atoms with Crippen LogP contribution in [0.3, 0.4) is 0 Å². The maximum atomic E-state index is 14.4. The smallest absolute Gasteiger partial charge is 0.227 e. The number of fused-ring (bicyclic) bond motifs is 1. The van der Waals surface area contributed by atoms with E-state index >= 15 is 0 Å². The molecule has 2 aromatic rings. The molecule has 2 aliphatic heterocycles. The van der Waals surface area contributed by atoms with E-state index < -0.39 is 27.4 Å². The van der Waals surface area contributed by atoms with Crippen LogP contribution in [-0.4, -0.2) is 39.2 Å². The molecule has 1 N–H and O–H groups in total. The molecule has 8 heteroatoms. The van der Waals surface area contributed by atoms with E-state index in [9.17, 15) is 22.7 Å². The second-order valence-corrected chi connectivity index (χ2v) is 10.1. The van der Waals surface area contributed by atoms with Crippen LogP contribution in [0.1, 0.15) is 37.3 Å². The number of anilines is 1. The largest absolute Gasteiger partial charge is 0.393 e. The second kappa shape index (κ2) is 7.44. The fraction of sp³-hybridized carbons (Fsp3) is 0.409. The van der Waals surface area contributed by atoms with Crippen molar-refractivity contribution < 1.29 is 27.4 Å². The first kappa shape index (κ1) is 21.0. The highest BCUT2D eigenvalue weighted by atomic mass is 32.2. The van der Waals surface area contributed by atoms with Gasteiger partial charge in [-0.2, -0.15) is 0 Å². The molecule has 2 aliphatic rings. The molecule has 2 atom stereocenters. The van der Waals surface area contributed by atoms with Gasteiger partial charge in [-0.05, 0) is 67.3 Å². The third-order valence-corrected chi connectivity index (χ3v) is 7.72. The zero-order valence-electron chi connectivity index (χ0n) is 16.9. The number of rotatable bonds is 3. The van der Waals surface area contributed by atoms with Gasteiger partial charge < -0.3 is 14.7 Å². The Morgan fingerprint density at radius 2 is 1.93 bits per heavy atom. The van der Waals surface area contributed by atoms with E-state index in [-0.39, 0.29) is 22.1 Å². The molecule has 0 aliphatic carbocycles. The number of sulfone groups is 1. The van der Waals surface area contributed by atoms with E-state index in [1.54, 1.807) is 26.1 Å². The van der Waals surface area contributed by atoms with Crippen molar-refractivity contribution in [3.05, 3.63) is 53.3 Å². The molecule has 30 heavy (non-hydrogen) atoms. The first-order valence-electron chi connectivity index (χ1n) is 9.88. The summed E-state index contributed by atoms with van der Waals surface area (Å²) < 4.78 is 46.8. The Labute approximate surface area is 175 Å². The lowest BCUT2D eigenvalue weighted by Crippen LogP contribution is -2.37. The van der Waals surface area contributed by atoms with Crippen LogP contribution >= 0.6 is 0 Å². The van der Waals surface area contributed by atoms with Gasteiger partial charge in [-0.25, -0.2) is 12.8 Å². The predicted molar refractivity (Wildman–Crippen MR) is 109 cm³/mol. The summed E-state index contributed by atoms with van der Waals surface area (Å²) in [7, 11) is -2.33. The summed E-state index contributed by atoms with van der Waals surface area (Å²) in [4.78, 5) is 13.3. The van der Waals surface area contributed by atoms with Crippen molar-refractivity contribution in [2.45, 2.75) is 54.1 Å². The van der Waals surface area contributed by atoms with Gasteiger partial charge >= 0.3 is 0 Å². The number of benzene rings is 2. The zero-order chi connectivity index (χ0) is 21.7. The molecular weight excluding hydrogens is 409 g/mol. The van der Waals surface area contributed by atoms with Gasteiger partial charge in [0.2, 0.25) is 15.7 Å². The number of ether oxygens (including phenoxy) is 1. The summed E-state index contributed by atoms with van der Waals surface area (Å²) >= 11 is 0. The molecule has 2 aromatic carbocycles. The van der Waals surface area contributed by atoms with Gasteiger partial charge in [-0.1, -0.05) is 0 Å². The van der Waals surface area contributed by atoms with Crippen LogP contribution in [-0.2, 0) is 31.4 Å². The van der Waals surface area contributed by atoms with Crippen molar-refractivity contribution in [3.8, 4) is 0 Å². The molecule has 4 rings (SSSR count). The third-order valence-electron chi connectivity index (χ3n) is 5.99. The first-order valence-corrected chi connectivity index (χ1v) is 11.4. The number of carbonyl (C=O) groups excluding carboxylic acids is 1. The van der Waals surface area contributed by atoms with Crippen LogP contribution in [0.15, 0.2) is 46.2 Å². The average molecular weight is 434 g/mol. The van der Waals surface area contributed by atoms with Gasteiger partial charge in [0, 0.05) is 25.6 Å². The predicted octanol–water partition coefficient (Wildman–Crippen LogP) is 2.95. The van der Waals surface area contributed by atoms with Gasteiger partial charge in [0.05, 0.1) is 28.1 Å². The Bertz CT molecular complexity index is 1120. The fourth-order valence-electron chi connectivity index (χ4n) is 4.19.